The molecule has 0 saturated heterocycles. The summed E-state index contributed by atoms with van der Waals surface area (Å²) in [6.07, 6.45) is 3.06. The average Bonchev–Trinajstić information content (AvgIpc) is 2.30. The second-order valence-corrected chi connectivity index (χ2v) is 11.1. The molecule has 2 aromatic carbocycles. The minimum absolute atomic E-state index is 0.554. The molecule has 0 bridgehead atoms. The molecule has 0 atom stereocenters. The second-order valence-electron chi connectivity index (χ2n) is 5.13. The first-order valence-corrected chi connectivity index (χ1v) is 8.59. The monoisotopic (exact) mass is 250 g/mol. The summed E-state index contributed by atoms with van der Waals surface area (Å²) in [5, 5.41) is 0. The van der Waals surface area contributed by atoms with Gasteiger partial charge in [0.2, 0.25) is 0 Å². The molecule has 2 N–H and O–H groups in total. The van der Waals surface area contributed by atoms with Crippen molar-refractivity contribution in [1.82, 2.24) is 0 Å². The molecule has 92 valence electrons. The van der Waals surface area contributed by atoms with Crippen LogP contribution in [0.15, 0.2) is 70.5 Å². The van der Waals surface area contributed by atoms with E-state index >= 15 is 0 Å². The van der Waals surface area contributed by atoms with Crippen molar-refractivity contribution in [3.8, 4) is 0 Å². The predicted octanol–water partition coefficient (Wildman–Crippen LogP) is 4.19. The van der Waals surface area contributed by atoms with Crippen LogP contribution in [0.3, 0.4) is 0 Å². The highest BCUT2D eigenvalue weighted by Crippen LogP contribution is 2.88. The zero-order chi connectivity index (χ0) is 12.6. The number of benzene rings is 2. The van der Waals surface area contributed by atoms with Crippen molar-refractivity contribution in [2.75, 3.05) is 12.5 Å². The van der Waals surface area contributed by atoms with Crippen molar-refractivity contribution in [3.05, 3.63) is 60.7 Å². The van der Waals surface area contributed by atoms with Crippen molar-refractivity contribution < 1.29 is 9.11 Å². The van der Waals surface area contributed by atoms with Gasteiger partial charge in [0.05, 0.1) is 0 Å². The summed E-state index contributed by atoms with van der Waals surface area (Å²) in [5.74, 6) is 0. The van der Waals surface area contributed by atoms with Gasteiger partial charge >= 0.3 is 0 Å². The molecular weight excluding hydrogens is 232 g/mol. The zero-order valence-electron chi connectivity index (χ0n) is 10.1. The van der Waals surface area contributed by atoms with E-state index in [9.17, 15) is 9.11 Å². The van der Waals surface area contributed by atoms with Crippen molar-refractivity contribution in [1.29, 1.82) is 0 Å². The van der Waals surface area contributed by atoms with Crippen LogP contribution < -0.4 is 0 Å². The van der Waals surface area contributed by atoms with Gasteiger partial charge in [0, 0.05) is 22.3 Å². The zero-order valence-corrected chi connectivity index (χ0v) is 10.9. The second kappa shape index (κ2) is 3.13. The SMILES string of the molecule is CS(C)(O)(O)(c1ccccc1)c1ccccc1. The maximum atomic E-state index is 11.1. The third-order valence-electron chi connectivity index (χ3n) is 3.09. The summed E-state index contributed by atoms with van der Waals surface area (Å²) in [5.41, 5.74) is 0. The highest BCUT2D eigenvalue weighted by molar-refractivity contribution is 8.55. The Labute approximate surface area is 101 Å². The summed E-state index contributed by atoms with van der Waals surface area (Å²) in [6.45, 7) is 0. The third-order valence-corrected chi connectivity index (χ3v) is 6.83. The topological polar surface area (TPSA) is 40.5 Å². The largest absolute Gasteiger partial charge is 0.320 e. The summed E-state index contributed by atoms with van der Waals surface area (Å²) in [7, 11) is -4.38. The lowest BCUT2D eigenvalue weighted by Gasteiger charge is -2.73. The smallest absolute Gasteiger partial charge is 0.0308 e. The maximum Gasteiger partial charge on any atom is 0.0308 e. The molecule has 3 heteroatoms. The lowest BCUT2D eigenvalue weighted by atomic mass is 10.4. The van der Waals surface area contributed by atoms with Crippen molar-refractivity contribution in [2.45, 2.75) is 9.79 Å². The first-order chi connectivity index (χ1) is 7.74. The fraction of sp³-hybridized carbons (Fsp3) is 0.143. The van der Waals surface area contributed by atoms with Gasteiger partial charge in [-0.25, -0.2) is 0 Å². The molecule has 0 aliphatic carbocycles. The number of rotatable bonds is 2. The quantitative estimate of drug-likeness (QED) is 0.839. The van der Waals surface area contributed by atoms with Crippen LogP contribution in [0.2, 0.25) is 0 Å². The van der Waals surface area contributed by atoms with Gasteiger partial charge in [-0.2, -0.15) is 0 Å². The maximum absolute atomic E-state index is 11.1. The minimum Gasteiger partial charge on any atom is -0.320 e. The van der Waals surface area contributed by atoms with Gasteiger partial charge in [0.25, 0.3) is 0 Å². The molecule has 0 saturated carbocycles. The summed E-state index contributed by atoms with van der Waals surface area (Å²) in [6, 6.07) is 18.0. The van der Waals surface area contributed by atoms with Crippen molar-refractivity contribution in [2.24, 2.45) is 0 Å². The lowest BCUT2D eigenvalue weighted by molar-refractivity contribution is 0.437. The third kappa shape index (κ3) is 1.97. The van der Waals surface area contributed by atoms with E-state index in [2.05, 4.69) is 0 Å². The van der Waals surface area contributed by atoms with Crippen LogP contribution in [0.25, 0.3) is 0 Å². The molecule has 0 aliphatic rings. The van der Waals surface area contributed by atoms with E-state index in [4.69, 9.17) is 0 Å². The van der Waals surface area contributed by atoms with E-state index in [1.54, 1.807) is 24.3 Å². The molecular formula is C14H18O2S. The molecule has 0 spiro atoms. The first kappa shape index (κ1) is 12.2. The highest BCUT2D eigenvalue weighted by Gasteiger charge is 2.43. The molecule has 0 unspecified atom stereocenters. The van der Waals surface area contributed by atoms with E-state index < -0.39 is 8.86 Å². The summed E-state index contributed by atoms with van der Waals surface area (Å²) in [4.78, 5) is 1.11. The Kier molecular flexibility index (Phi) is 2.24. The Morgan fingerprint density at radius 3 is 1.24 bits per heavy atom. The summed E-state index contributed by atoms with van der Waals surface area (Å²) >= 11 is 0. The van der Waals surface area contributed by atoms with Gasteiger partial charge in [-0.3, -0.25) is 8.86 Å². The fourth-order valence-corrected chi connectivity index (χ4v) is 4.34. The molecule has 17 heavy (non-hydrogen) atoms. The van der Waals surface area contributed by atoms with Crippen molar-refractivity contribution in [3.63, 3.8) is 0 Å². The van der Waals surface area contributed by atoms with Gasteiger partial charge < -0.3 is 9.11 Å². The number of hydrogen-bond donors (Lipinski definition) is 2. The van der Waals surface area contributed by atoms with Crippen molar-refractivity contribution >= 4 is 8.86 Å². The first-order valence-electron chi connectivity index (χ1n) is 5.41. The molecule has 0 aromatic heterocycles. The Hall–Kier alpha value is -1.29. The Bertz CT molecular complexity index is 480. The van der Waals surface area contributed by atoms with Crippen LogP contribution in [0, 0.1) is 0 Å². The van der Waals surface area contributed by atoms with Gasteiger partial charge in [-0.1, -0.05) is 36.4 Å². The van der Waals surface area contributed by atoms with Gasteiger partial charge in [-0.05, 0) is 24.3 Å². The molecule has 2 aromatic rings. The van der Waals surface area contributed by atoms with Gasteiger partial charge in [-0.15, -0.1) is 0 Å². The predicted molar refractivity (Wildman–Crippen MR) is 74.1 cm³/mol. The lowest BCUT2D eigenvalue weighted by Crippen LogP contribution is -2.33. The fourth-order valence-electron chi connectivity index (χ4n) is 1.90. The molecule has 0 heterocycles. The average molecular weight is 250 g/mol. The van der Waals surface area contributed by atoms with E-state index in [0.717, 1.165) is 0 Å². The van der Waals surface area contributed by atoms with Gasteiger partial charge in [0.1, 0.15) is 0 Å². The molecule has 2 nitrogen and oxygen atoms in total. The minimum atomic E-state index is -4.38. The molecule has 0 amide bonds. The van der Waals surface area contributed by atoms with E-state index in [1.165, 1.54) is 12.5 Å². The van der Waals surface area contributed by atoms with E-state index in [0.29, 0.717) is 9.79 Å². The van der Waals surface area contributed by atoms with Crippen LogP contribution in [0.1, 0.15) is 0 Å². The van der Waals surface area contributed by atoms with Crippen LogP contribution in [0.4, 0.5) is 0 Å². The van der Waals surface area contributed by atoms with Crippen LogP contribution in [-0.2, 0) is 0 Å². The Morgan fingerprint density at radius 1 is 0.647 bits per heavy atom. The Morgan fingerprint density at radius 2 is 0.941 bits per heavy atom. The summed E-state index contributed by atoms with van der Waals surface area (Å²) < 4.78 is 22.1. The standard InChI is InChI=1S/C14H18O2S/c1-17(2,15,16,13-9-5-3-6-10-13)14-11-7-4-8-12-14/h3-12,15-16H,1-2H3. The molecule has 0 fully saturated rings. The normalized spacial score (nSPS) is 16.0. The van der Waals surface area contributed by atoms with E-state index in [-0.39, 0.29) is 0 Å². The van der Waals surface area contributed by atoms with E-state index in [1.807, 2.05) is 36.4 Å². The Balaban J connectivity index is 2.76. The highest BCUT2D eigenvalue weighted by atomic mass is 32.4. The molecule has 0 aliphatic heterocycles. The van der Waals surface area contributed by atoms with Crippen LogP contribution in [0.5, 0.6) is 0 Å². The number of hydrogen-bond acceptors (Lipinski definition) is 2. The van der Waals surface area contributed by atoms with Gasteiger partial charge in [0.15, 0.2) is 0 Å². The van der Waals surface area contributed by atoms with Crippen LogP contribution in [-0.4, -0.2) is 21.6 Å². The molecule has 2 rings (SSSR count). The van der Waals surface area contributed by atoms with Crippen LogP contribution >= 0.6 is 8.86 Å². The molecule has 0 radical (unpaired) electrons.